The average Bonchev–Trinajstić information content (AvgIpc) is 2.83. The van der Waals surface area contributed by atoms with E-state index in [-0.39, 0.29) is 5.56 Å². The number of methoxy groups -OCH3 is 1. The lowest BCUT2D eigenvalue weighted by atomic mass is 10.1. The van der Waals surface area contributed by atoms with Gasteiger partial charge >= 0.3 is 11.9 Å². The number of rotatable bonds is 4. The van der Waals surface area contributed by atoms with Crippen LogP contribution < -0.4 is 0 Å². The molecule has 10 heteroatoms. The number of ether oxygens (including phenoxy) is 1. The van der Waals surface area contributed by atoms with Gasteiger partial charge in [-0.05, 0) is 68.3 Å². The molecule has 2 aromatic heterocycles. The first-order valence-electron chi connectivity index (χ1n) is 9.82. The maximum Gasteiger partial charge on any atom is 0.337 e. The standard InChI is InChI=1S/C13H9BrClNO2.C12H7BrClNO2/c1-18-13(17)8-2-3-11(12(15)5-8)9-4-10(14)7-16-6-9;13-9-3-8(5-15-6-9)10-2-1-7(12(16)17)4-11(10)14/h2-7H,1H3;1-6H,(H,16,17). The highest BCUT2D eigenvalue weighted by Gasteiger charge is 2.11. The first kappa shape index (κ1) is 26.8. The summed E-state index contributed by atoms with van der Waals surface area (Å²) in [5.41, 5.74) is 3.88. The molecule has 0 spiro atoms. The van der Waals surface area contributed by atoms with Gasteiger partial charge in [0.15, 0.2) is 0 Å². The number of carboxylic acid groups (broad SMARTS) is 1. The van der Waals surface area contributed by atoms with Crippen LogP contribution in [0.4, 0.5) is 0 Å². The van der Waals surface area contributed by atoms with Crippen molar-refractivity contribution in [2.24, 2.45) is 0 Å². The quantitative estimate of drug-likeness (QED) is 0.229. The molecule has 0 aliphatic rings. The van der Waals surface area contributed by atoms with Gasteiger partial charge in [-0.25, -0.2) is 9.59 Å². The van der Waals surface area contributed by atoms with Gasteiger partial charge < -0.3 is 9.84 Å². The predicted molar refractivity (Wildman–Crippen MR) is 143 cm³/mol. The number of hydrogen-bond acceptors (Lipinski definition) is 5. The van der Waals surface area contributed by atoms with Gasteiger partial charge in [-0.1, -0.05) is 35.3 Å². The van der Waals surface area contributed by atoms with Crippen LogP contribution in [0, 0.1) is 0 Å². The number of aromatic carboxylic acids is 1. The van der Waals surface area contributed by atoms with Crippen LogP contribution in [0.2, 0.25) is 10.0 Å². The molecule has 0 amide bonds. The van der Waals surface area contributed by atoms with E-state index in [2.05, 4.69) is 46.6 Å². The molecule has 2 heterocycles. The topological polar surface area (TPSA) is 89.4 Å². The monoisotopic (exact) mass is 636 g/mol. The largest absolute Gasteiger partial charge is 0.478 e. The fraction of sp³-hybridized carbons (Fsp3) is 0.0400. The van der Waals surface area contributed by atoms with Crippen LogP contribution in [0.25, 0.3) is 22.3 Å². The second-order valence-corrected chi connectivity index (χ2v) is 9.62. The predicted octanol–water partition coefficient (Wildman–Crippen LogP) is 7.81. The molecule has 0 atom stereocenters. The van der Waals surface area contributed by atoms with E-state index in [1.807, 2.05) is 12.1 Å². The zero-order valence-electron chi connectivity index (χ0n) is 18.0. The second-order valence-electron chi connectivity index (χ2n) is 6.97. The normalized spacial score (nSPS) is 10.2. The van der Waals surface area contributed by atoms with E-state index >= 15 is 0 Å². The summed E-state index contributed by atoms with van der Waals surface area (Å²) >= 11 is 18.9. The molecule has 0 unspecified atom stereocenters. The molecule has 0 bridgehead atoms. The Morgan fingerprint density at radius 1 is 0.771 bits per heavy atom. The van der Waals surface area contributed by atoms with Crippen LogP contribution in [0.1, 0.15) is 20.7 Å². The molecule has 0 radical (unpaired) electrons. The smallest absolute Gasteiger partial charge is 0.337 e. The van der Waals surface area contributed by atoms with Crippen LogP contribution in [-0.4, -0.2) is 34.1 Å². The van der Waals surface area contributed by atoms with Crippen molar-refractivity contribution in [3.8, 4) is 22.3 Å². The molecule has 1 N–H and O–H groups in total. The minimum Gasteiger partial charge on any atom is -0.478 e. The summed E-state index contributed by atoms with van der Waals surface area (Å²) in [7, 11) is 1.34. The molecule has 178 valence electrons. The number of carbonyl (C=O) groups excluding carboxylic acids is 1. The Morgan fingerprint density at radius 3 is 1.63 bits per heavy atom. The third kappa shape index (κ3) is 7.11. The third-order valence-electron chi connectivity index (χ3n) is 4.64. The Morgan fingerprint density at radius 2 is 1.23 bits per heavy atom. The molecule has 0 fully saturated rings. The van der Waals surface area contributed by atoms with Gasteiger partial charge in [0.2, 0.25) is 0 Å². The summed E-state index contributed by atoms with van der Waals surface area (Å²) in [5, 5.41) is 9.71. The molecule has 35 heavy (non-hydrogen) atoms. The number of esters is 1. The molecule has 0 aliphatic carbocycles. The molecule has 6 nitrogen and oxygen atoms in total. The summed E-state index contributed by atoms with van der Waals surface area (Å²) in [6.45, 7) is 0. The van der Waals surface area contributed by atoms with Gasteiger partial charge in [0, 0.05) is 66.0 Å². The summed E-state index contributed by atoms with van der Waals surface area (Å²) in [5.74, 6) is -1.40. The van der Waals surface area contributed by atoms with Crippen LogP contribution in [-0.2, 0) is 4.74 Å². The zero-order valence-corrected chi connectivity index (χ0v) is 22.7. The first-order chi connectivity index (χ1) is 16.7. The highest BCUT2D eigenvalue weighted by Crippen LogP contribution is 2.31. The third-order valence-corrected chi connectivity index (χ3v) is 6.13. The van der Waals surface area contributed by atoms with Gasteiger partial charge in [0.05, 0.1) is 18.2 Å². The lowest BCUT2D eigenvalue weighted by Gasteiger charge is -2.06. The van der Waals surface area contributed by atoms with Crippen LogP contribution >= 0.6 is 55.1 Å². The van der Waals surface area contributed by atoms with Crippen molar-refractivity contribution in [3.63, 3.8) is 0 Å². The van der Waals surface area contributed by atoms with Crippen molar-refractivity contribution in [3.05, 3.63) is 103 Å². The van der Waals surface area contributed by atoms with E-state index in [1.54, 1.807) is 49.1 Å². The van der Waals surface area contributed by atoms with Crippen LogP contribution in [0.5, 0.6) is 0 Å². The molecule has 2 aromatic carbocycles. The molecular formula is C25H16Br2Cl2N2O4. The van der Waals surface area contributed by atoms with Crippen molar-refractivity contribution in [2.45, 2.75) is 0 Å². The Kier molecular flexibility index (Phi) is 9.40. The van der Waals surface area contributed by atoms with Crippen molar-refractivity contribution < 1.29 is 19.4 Å². The summed E-state index contributed by atoms with van der Waals surface area (Å²) in [6, 6.07) is 13.4. The van der Waals surface area contributed by atoms with E-state index in [1.165, 1.54) is 19.2 Å². The molecule has 4 aromatic rings. The fourth-order valence-corrected chi connectivity index (χ4v) is 4.30. The van der Waals surface area contributed by atoms with E-state index in [0.717, 1.165) is 31.2 Å². The average molecular weight is 639 g/mol. The second kappa shape index (κ2) is 12.3. The number of carboxylic acids is 1. The highest BCUT2D eigenvalue weighted by molar-refractivity contribution is 9.10. The van der Waals surface area contributed by atoms with Crippen molar-refractivity contribution in [2.75, 3.05) is 7.11 Å². The number of carbonyl (C=O) groups is 2. The molecule has 4 rings (SSSR count). The Bertz CT molecular complexity index is 1400. The summed E-state index contributed by atoms with van der Waals surface area (Å²) in [4.78, 5) is 30.3. The number of aromatic nitrogens is 2. The lowest BCUT2D eigenvalue weighted by molar-refractivity contribution is 0.0600. The minimum atomic E-state index is -0.995. The van der Waals surface area contributed by atoms with Crippen molar-refractivity contribution >= 4 is 67.0 Å². The highest BCUT2D eigenvalue weighted by atomic mass is 79.9. The van der Waals surface area contributed by atoms with Crippen LogP contribution in [0.3, 0.4) is 0 Å². The summed E-state index contributed by atoms with van der Waals surface area (Å²) < 4.78 is 6.35. The van der Waals surface area contributed by atoms with E-state index in [0.29, 0.717) is 15.6 Å². The van der Waals surface area contributed by atoms with E-state index in [4.69, 9.17) is 28.3 Å². The van der Waals surface area contributed by atoms with Gasteiger partial charge in [-0.2, -0.15) is 0 Å². The molecule has 0 saturated heterocycles. The molecular weight excluding hydrogens is 623 g/mol. The Labute approximate surface area is 228 Å². The zero-order chi connectivity index (χ0) is 25.5. The fourth-order valence-electron chi connectivity index (χ4n) is 2.99. The van der Waals surface area contributed by atoms with Gasteiger partial charge in [0.1, 0.15) is 0 Å². The van der Waals surface area contributed by atoms with Gasteiger partial charge in [0.25, 0.3) is 0 Å². The van der Waals surface area contributed by atoms with E-state index in [9.17, 15) is 9.59 Å². The van der Waals surface area contributed by atoms with E-state index < -0.39 is 11.9 Å². The first-order valence-corrected chi connectivity index (χ1v) is 12.2. The number of pyridine rings is 2. The maximum absolute atomic E-state index is 11.4. The maximum atomic E-state index is 11.4. The number of benzene rings is 2. The summed E-state index contributed by atoms with van der Waals surface area (Å²) in [6.07, 6.45) is 6.75. The van der Waals surface area contributed by atoms with Gasteiger partial charge in [-0.3, -0.25) is 9.97 Å². The Balaban J connectivity index is 0.000000196. The lowest BCUT2D eigenvalue weighted by Crippen LogP contribution is -2.00. The number of nitrogens with zero attached hydrogens (tertiary/aromatic N) is 2. The number of halogens is 4. The number of hydrogen-bond donors (Lipinski definition) is 1. The SMILES string of the molecule is COC(=O)c1ccc(-c2cncc(Br)c2)c(Cl)c1.O=C(O)c1ccc(-c2cncc(Br)c2)c(Cl)c1. The van der Waals surface area contributed by atoms with Crippen molar-refractivity contribution in [1.29, 1.82) is 0 Å². The van der Waals surface area contributed by atoms with Crippen molar-refractivity contribution in [1.82, 2.24) is 9.97 Å². The minimum absolute atomic E-state index is 0.168. The Hall–Kier alpha value is -2.78. The molecule has 0 saturated carbocycles. The van der Waals surface area contributed by atoms with Crippen LogP contribution in [0.15, 0.2) is 82.3 Å². The van der Waals surface area contributed by atoms with Gasteiger partial charge in [-0.15, -0.1) is 0 Å². The molecule has 0 aliphatic heterocycles.